The van der Waals surface area contributed by atoms with Gasteiger partial charge in [0, 0.05) is 31.8 Å². The SMILES string of the molecule is CNS(=O)(=O)c1ccc(/C=C/C(=O)NC(C)CN2CC(C)CC(C)C2)cc1. The number of rotatable bonds is 7. The molecule has 0 bridgehead atoms. The van der Waals surface area contributed by atoms with E-state index in [4.69, 9.17) is 0 Å². The maximum absolute atomic E-state index is 12.1. The van der Waals surface area contributed by atoms with Crippen LogP contribution in [0.5, 0.6) is 0 Å². The van der Waals surface area contributed by atoms with Crippen molar-refractivity contribution in [2.75, 3.05) is 26.7 Å². The lowest BCUT2D eigenvalue weighted by Crippen LogP contribution is -2.46. The third-order valence-corrected chi connectivity index (χ3v) is 6.18. The molecule has 2 rings (SSSR count). The smallest absolute Gasteiger partial charge is 0.244 e. The third kappa shape index (κ3) is 6.75. The van der Waals surface area contributed by atoms with Gasteiger partial charge in [0.1, 0.15) is 0 Å². The third-order valence-electron chi connectivity index (χ3n) is 4.75. The van der Waals surface area contributed by atoms with Crippen molar-refractivity contribution in [2.24, 2.45) is 11.8 Å². The highest BCUT2D eigenvalue weighted by Gasteiger charge is 2.23. The molecule has 0 radical (unpaired) electrons. The van der Waals surface area contributed by atoms with E-state index >= 15 is 0 Å². The van der Waals surface area contributed by atoms with Crippen molar-refractivity contribution in [1.29, 1.82) is 0 Å². The van der Waals surface area contributed by atoms with Gasteiger partial charge < -0.3 is 10.2 Å². The fourth-order valence-electron chi connectivity index (χ4n) is 3.71. The summed E-state index contributed by atoms with van der Waals surface area (Å²) >= 11 is 0. The second kappa shape index (κ2) is 9.48. The minimum Gasteiger partial charge on any atom is -0.349 e. The van der Waals surface area contributed by atoms with Gasteiger partial charge in [-0.05, 0) is 56.0 Å². The predicted molar refractivity (Wildman–Crippen MR) is 109 cm³/mol. The largest absolute Gasteiger partial charge is 0.349 e. The first-order valence-corrected chi connectivity index (χ1v) is 10.9. The van der Waals surface area contributed by atoms with E-state index in [1.54, 1.807) is 18.2 Å². The molecule has 1 aromatic carbocycles. The van der Waals surface area contributed by atoms with E-state index in [1.165, 1.54) is 31.7 Å². The summed E-state index contributed by atoms with van der Waals surface area (Å²) in [5.41, 5.74) is 0.770. The van der Waals surface area contributed by atoms with Crippen LogP contribution in [0.4, 0.5) is 0 Å². The molecular weight excluding hydrogens is 362 g/mol. The number of piperidine rings is 1. The molecule has 1 amide bonds. The van der Waals surface area contributed by atoms with Gasteiger partial charge in [0.05, 0.1) is 4.90 Å². The number of sulfonamides is 1. The Hall–Kier alpha value is -1.70. The molecule has 2 N–H and O–H groups in total. The molecule has 0 aromatic heterocycles. The molecule has 1 aliphatic rings. The van der Waals surface area contributed by atoms with E-state index in [-0.39, 0.29) is 16.8 Å². The monoisotopic (exact) mass is 393 g/mol. The van der Waals surface area contributed by atoms with Crippen LogP contribution in [0.1, 0.15) is 32.8 Å². The summed E-state index contributed by atoms with van der Waals surface area (Å²) < 4.78 is 25.7. The summed E-state index contributed by atoms with van der Waals surface area (Å²) in [6.07, 6.45) is 4.44. The zero-order valence-corrected chi connectivity index (χ0v) is 17.4. The summed E-state index contributed by atoms with van der Waals surface area (Å²) in [5.74, 6) is 1.25. The van der Waals surface area contributed by atoms with E-state index in [0.29, 0.717) is 11.8 Å². The standard InChI is InChI=1S/C20H31N3O3S/c1-15-11-16(2)13-23(12-15)14-17(3)22-20(24)10-7-18-5-8-19(9-6-18)27(25,26)21-4/h5-10,15-17,21H,11-14H2,1-4H3,(H,22,24)/b10-7+. The van der Waals surface area contributed by atoms with Gasteiger partial charge in [0.15, 0.2) is 0 Å². The van der Waals surface area contributed by atoms with Gasteiger partial charge in [0.25, 0.3) is 0 Å². The highest BCUT2D eigenvalue weighted by atomic mass is 32.2. The molecule has 0 saturated carbocycles. The highest BCUT2D eigenvalue weighted by molar-refractivity contribution is 7.89. The van der Waals surface area contributed by atoms with Crippen LogP contribution in [-0.2, 0) is 14.8 Å². The summed E-state index contributed by atoms with van der Waals surface area (Å²) in [6, 6.07) is 6.46. The number of carbonyl (C=O) groups excluding carboxylic acids is 1. The van der Waals surface area contributed by atoms with Crippen LogP contribution in [0.15, 0.2) is 35.2 Å². The van der Waals surface area contributed by atoms with E-state index in [9.17, 15) is 13.2 Å². The van der Waals surface area contributed by atoms with Crippen molar-refractivity contribution in [3.8, 4) is 0 Å². The fraction of sp³-hybridized carbons (Fsp3) is 0.550. The molecule has 150 valence electrons. The molecule has 3 atom stereocenters. The Morgan fingerprint density at radius 3 is 2.37 bits per heavy atom. The zero-order chi connectivity index (χ0) is 20.0. The molecule has 1 aromatic rings. The van der Waals surface area contributed by atoms with Crippen LogP contribution in [0.25, 0.3) is 6.08 Å². The van der Waals surface area contributed by atoms with Crippen molar-refractivity contribution >= 4 is 22.0 Å². The second-order valence-corrected chi connectivity index (χ2v) is 9.57. The van der Waals surface area contributed by atoms with Crippen LogP contribution in [-0.4, -0.2) is 51.9 Å². The second-order valence-electron chi connectivity index (χ2n) is 7.68. The van der Waals surface area contributed by atoms with Crippen molar-refractivity contribution in [1.82, 2.24) is 14.9 Å². The number of benzene rings is 1. The summed E-state index contributed by atoms with van der Waals surface area (Å²) in [5, 5.41) is 3.00. The number of amides is 1. The van der Waals surface area contributed by atoms with Gasteiger partial charge >= 0.3 is 0 Å². The number of nitrogens with one attached hydrogen (secondary N) is 2. The topological polar surface area (TPSA) is 78.5 Å². The van der Waals surface area contributed by atoms with Crippen molar-refractivity contribution < 1.29 is 13.2 Å². The minimum atomic E-state index is -3.44. The highest BCUT2D eigenvalue weighted by Crippen LogP contribution is 2.20. The molecule has 0 spiro atoms. The Bertz CT molecular complexity index is 749. The first-order valence-electron chi connectivity index (χ1n) is 9.44. The van der Waals surface area contributed by atoms with Crippen LogP contribution in [0, 0.1) is 11.8 Å². The lowest BCUT2D eigenvalue weighted by Gasteiger charge is -2.36. The molecule has 6 nitrogen and oxygen atoms in total. The van der Waals surface area contributed by atoms with E-state index < -0.39 is 10.0 Å². The quantitative estimate of drug-likeness (QED) is 0.696. The molecular formula is C20H31N3O3S. The number of carbonyl (C=O) groups is 1. The van der Waals surface area contributed by atoms with Crippen molar-refractivity contribution in [3.05, 3.63) is 35.9 Å². The maximum atomic E-state index is 12.1. The van der Waals surface area contributed by atoms with Crippen LogP contribution in [0.3, 0.4) is 0 Å². The fourth-order valence-corrected chi connectivity index (χ4v) is 4.44. The molecule has 27 heavy (non-hydrogen) atoms. The normalized spacial score (nSPS) is 22.7. The molecule has 3 unspecified atom stereocenters. The van der Waals surface area contributed by atoms with E-state index in [2.05, 4.69) is 28.8 Å². The lowest BCUT2D eigenvalue weighted by atomic mass is 9.92. The maximum Gasteiger partial charge on any atom is 0.244 e. The molecule has 0 aliphatic carbocycles. The average molecular weight is 394 g/mol. The Kier molecular flexibility index (Phi) is 7.59. The predicted octanol–water partition coefficient (Wildman–Crippen LogP) is 2.09. The summed E-state index contributed by atoms with van der Waals surface area (Å²) in [4.78, 5) is 14.8. The summed E-state index contributed by atoms with van der Waals surface area (Å²) in [7, 11) is -2.07. The van der Waals surface area contributed by atoms with E-state index in [0.717, 1.165) is 25.2 Å². The lowest BCUT2D eigenvalue weighted by molar-refractivity contribution is -0.117. The molecule has 1 heterocycles. The Morgan fingerprint density at radius 1 is 1.22 bits per heavy atom. The average Bonchev–Trinajstić information content (AvgIpc) is 2.59. The Labute approximate surface area is 163 Å². The van der Waals surface area contributed by atoms with Crippen LogP contribution < -0.4 is 10.0 Å². The van der Waals surface area contributed by atoms with E-state index in [1.807, 2.05) is 6.92 Å². The van der Waals surface area contributed by atoms with Gasteiger partial charge in [-0.3, -0.25) is 4.79 Å². The molecule has 7 heteroatoms. The van der Waals surface area contributed by atoms with Crippen molar-refractivity contribution in [2.45, 2.75) is 38.1 Å². The first-order chi connectivity index (χ1) is 12.7. The van der Waals surface area contributed by atoms with Gasteiger partial charge in [0.2, 0.25) is 15.9 Å². The van der Waals surface area contributed by atoms with Gasteiger partial charge in [-0.1, -0.05) is 26.0 Å². The van der Waals surface area contributed by atoms with Crippen molar-refractivity contribution in [3.63, 3.8) is 0 Å². The Balaban J connectivity index is 1.85. The van der Waals surface area contributed by atoms with Gasteiger partial charge in [-0.15, -0.1) is 0 Å². The molecule has 1 aliphatic heterocycles. The minimum absolute atomic E-state index is 0.0720. The number of hydrogen-bond acceptors (Lipinski definition) is 4. The number of nitrogens with zero attached hydrogens (tertiary/aromatic N) is 1. The first kappa shape index (κ1) is 21.6. The van der Waals surface area contributed by atoms with Crippen LogP contribution in [0.2, 0.25) is 0 Å². The summed E-state index contributed by atoms with van der Waals surface area (Å²) in [6.45, 7) is 9.60. The Morgan fingerprint density at radius 2 is 1.81 bits per heavy atom. The molecule has 1 fully saturated rings. The number of likely N-dealkylation sites (tertiary alicyclic amines) is 1. The zero-order valence-electron chi connectivity index (χ0n) is 16.6. The van der Waals surface area contributed by atoms with Gasteiger partial charge in [-0.25, -0.2) is 13.1 Å². The number of hydrogen-bond donors (Lipinski definition) is 2. The van der Waals surface area contributed by atoms with Gasteiger partial charge in [-0.2, -0.15) is 0 Å². The molecule has 1 saturated heterocycles. The van der Waals surface area contributed by atoms with Crippen LogP contribution >= 0.6 is 0 Å².